The maximum Gasteiger partial charge on any atom is 0.308 e. The molecule has 0 aliphatic carbocycles. The second kappa shape index (κ2) is 5.09. The molecule has 2 aromatic rings. The molecule has 0 aliphatic rings. The molecule has 1 N–H and O–H groups in total. The maximum absolute atomic E-state index is 13.1. The van der Waals surface area contributed by atoms with Crippen molar-refractivity contribution in [2.75, 3.05) is 0 Å². The van der Waals surface area contributed by atoms with Crippen LogP contribution in [0.5, 0.6) is 0 Å². The number of halogens is 1. The molecule has 0 bridgehead atoms. The molecule has 2 aromatic heterocycles. The van der Waals surface area contributed by atoms with Crippen molar-refractivity contribution in [2.24, 2.45) is 5.92 Å². The highest BCUT2D eigenvalue weighted by Crippen LogP contribution is 2.23. The van der Waals surface area contributed by atoms with Crippen molar-refractivity contribution < 1.29 is 14.3 Å². The number of carboxylic acid groups (broad SMARTS) is 1. The Morgan fingerprint density at radius 3 is 2.79 bits per heavy atom. The molecule has 7 nitrogen and oxygen atoms in total. The third kappa shape index (κ3) is 2.56. The van der Waals surface area contributed by atoms with E-state index in [1.807, 2.05) is 0 Å². The smallest absolute Gasteiger partial charge is 0.308 e. The van der Waals surface area contributed by atoms with Gasteiger partial charge in [0, 0.05) is 11.8 Å². The number of aromatic nitrogens is 5. The SMILES string of the molecule is CC(C(=O)O)C(C)n1nnnc1-c1cncc(F)c1. The van der Waals surface area contributed by atoms with Crippen molar-refractivity contribution in [3.8, 4) is 11.4 Å². The molecule has 0 amide bonds. The van der Waals surface area contributed by atoms with E-state index in [-0.39, 0.29) is 5.82 Å². The van der Waals surface area contributed by atoms with Crippen LogP contribution >= 0.6 is 0 Å². The maximum atomic E-state index is 13.1. The average Bonchev–Trinajstić information content (AvgIpc) is 2.86. The van der Waals surface area contributed by atoms with Crippen LogP contribution in [-0.2, 0) is 4.79 Å². The third-order valence-electron chi connectivity index (χ3n) is 2.95. The topological polar surface area (TPSA) is 93.8 Å². The largest absolute Gasteiger partial charge is 0.481 e. The summed E-state index contributed by atoms with van der Waals surface area (Å²) in [6.07, 6.45) is 2.49. The van der Waals surface area contributed by atoms with Gasteiger partial charge in [-0.25, -0.2) is 9.07 Å². The van der Waals surface area contributed by atoms with Gasteiger partial charge in [-0.2, -0.15) is 0 Å². The first-order valence-corrected chi connectivity index (χ1v) is 5.62. The van der Waals surface area contributed by atoms with Crippen LogP contribution in [0.3, 0.4) is 0 Å². The molecule has 0 radical (unpaired) electrons. The molecular weight excluding hydrogens is 253 g/mol. The van der Waals surface area contributed by atoms with Crippen molar-refractivity contribution in [1.82, 2.24) is 25.2 Å². The van der Waals surface area contributed by atoms with Gasteiger partial charge in [-0.1, -0.05) is 0 Å². The number of hydrogen-bond donors (Lipinski definition) is 1. The Hall–Kier alpha value is -2.38. The number of rotatable bonds is 4. The summed E-state index contributed by atoms with van der Waals surface area (Å²) in [5, 5.41) is 20.1. The van der Waals surface area contributed by atoms with E-state index in [2.05, 4.69) is 20.5 Å². The lowest BCUT2D eigenvalue weighted by Crippen LogP contribution is -2.23. The zero-order valence-corrected chi connectivity index (χ0v) is 10.4. The number of pyridine rings is 1. The molecule has 0 saturated carbocycles. The normalized spacial score (nSPS) is 14.1. The highest BCUT2D eigenvalue weighted by molar-refractivity contribution is 5.70. The summed E-state index contributed by atoms with van der Waals surface area (Å²) in [5.74, 6) is -1.85. The fourth-order valence-corrected chi connectivity index (χ4v) is 1.61. The van der Waals surface area contributed by atoms with E-state index in [4.69, 9.17) is 5.11 Å². The van der Waals surface area contributed by atoms with Gasteiger partial charge in [0.2, 0.25) is 0 Å². The van der Waals surface area contributed by atoms with Gasteiger partial charge in [0.25, 0.3) is 0 Å². The summed E-state index contributed by atoms with van der Waals surface area (Å²) in [6.45, 7) is 3.24. The van der Waals surface area contributed by atoms with Crippen LogP contribution in [0.25, 0.3) is 11.4 Å². The highest BCUT2D eigenvalue weighted by Gasteiger charge is 2.25. The van der Waals surface area contributed by atoms with Gasteiger partial charge >= 0.3 is 5.97 Å². The van der Waals surface area contributed by atoms with Gasteiger partial charge in [0.1, 0.15) is 5.82 Å². The van der Waals surface area contributed by atoms with Crippen LogP contribution in [0.2, 0.25) is 0 Å². The molecule has 19 heavy (non-hydrogen) atoms. The van der Waals surface area contributed by atoms with E-state index in [0.29, 0.717) is 5.56 Å². The summed E-state index contributed by atoms with van der Waals surface area (Å²) < 4.78 is 14.5. The number of tetrazole rings is 1. The molecular formula is C11H12FN5O2. The number of carboxylic acids is 1. The molecule has 2 atom stereocenters. The van der Waals surface area contributed by atoms with Crippen molar-refractivity contribution in [2.45, 2.75) is 19.9 Å². The predicted octanol–water partition coefficient (Wildman–Crippen LogP) is 1.16. The minimum absolute atomic E-state index is 0.285. The van der Waals surface area contributed by atoms with E-state index in [1.54, 1.807) is 13.8 Å². The van der Waals surface area contributed by atoms with E-state index in [1.165, 1.54) is 16.9 Å². The number of aliphatic carboxylic acids is 1. The number of hydrogen-bond acceptors (Lipinski definition) is 5. The molecule has 2 rings (SSSR count). The first-order chi connectivity index (χ1) is 9.00. The summed E-state index contributed by atoms with van der Waals surface area (Å²) in [5.41, 5.74) is 0.398. The Balaban J connectivity index is 2.40. The molecule has 2 unspecified atom stereocenters. The zero-order valence-electron chi connectivity index (χ0n) is 10.4. The van der Waals surface area contributed by atoms with E-state index in [9.17, 15) is 9.18 Å². The van der Waals surface area contributed by atoms with Crippen molar-refractivity contribution >= 4 is 5.97 Å². The molecule has 8 heteroatoms. The molecule has 0 fully saturated rings. The van der Waals surface area contributed by atoms with Gasteiger partial charge in [-0.15, -0.1) is 5.10 Å². The summed E-state index contributed by atoms with van der Waals surface area (Å²) in [6, 6.07) is 0.777. The Labute approximate surface area is 108 Å². The van der Waals surface area contributed by atoms with Crippen LogP contribution in [0.1, 0.15) is 19.9 Å². The van der Waals surface area contributed by atoms with Gasteiger partial charge in [-0.05, 0) is 30.3 Å². The fraction of sp³-hybridized carbons (Fsp3) is 0.364. The van der Waals surface area contributed by atoms with Crippen LogP contribution in [0.15, 0.2) is 18.5 Å². The van der Waals surface area contributed by atoms with E-state index >= 15 is 0 Å². The Kier molecular flexibility index (Phi) is 3.50. The fourth-order valence-electron chi connectivity index (χ4n) is 1.61. The third-order valence-corrected chi connectivity index (χ3v) is 2.95. The quantitative estimate of drug-likeness (QED) is 0.891. The summed E-state index contributed by atoms with van der Waals surface area (Å²) in [4.78, 5) is 14.7. The minimum Gasteiger partial charge on any atom is -0.481 e. The molecule has 0 aromatic carbocycles. The van der Waals surface area contributed by atoms with Gasteiger partial charge in [0.15, 0.2) is 5.82 Å². The standard InChI is InChI=1S/C11H12FN5O2/c1-6(11(18)19)7(2)17-10(14-15-16-17)8-3-9(12)5-13-4-8/h3-7H,1-2H3,(H,18,19). The van der Waals surface area contributed by atoms with E-state index in [0.717, 1.165) is 6.20 Å². The van der Waals surface area contributed by atoms with Crippen molar-refractivity contribution in [3.63, 3.8) is 0 Å². The molecule has 2 heterocycles. The lowest BCUT2D eigenvalue weighted by Gasteiger charge is -2.17. The Morgan fingerprint density at radius 1 is 1.42 bits per heavy atom. The number of nitrogens with zero attached hydrogens (tertiary/aromatic N) is 5. The summed E-state index contributed by atoms with van der Waals surface area (Å²) >= 11 is 0. The van der Waals surface area contributed by atoms with Crippen LogP contribution in [0.4, 0.5) is 4.39 Å². The number of carbonyl (C=O) groups is 1. The highest BCUT2D eigenvalue weighted by atomic mass is 19.1. The Morgan fingerprint density at radius 2 is 2.16 bits per heavy atom. The van der Waals surface area contributed by atoms with Crippen molar-refractivity contribution in [1.29, 1.82) is 0 Å². The van der Waals surface area contributed by atoms with E-state index < -0.39 is 23.7 Å². The van der Waals surface area contributed by atoms with Gasteiger partial charge in [0.05, 0.1) is 18.2 Å². The summed E-state index contributed by atoms with van der Waals surface area (Å²) in [7, 11) is 0. The second-order valence-corrected chi connectivity index (χ2v) is 4.21. The zero-order chi connectivity index (χ0) is 14.0. The Bertz CT molecular complexity index is 600. The lowest BCUT2D eigenvalue weighted by atomic mass is 10.0. The monoisotopic (exact) mass is 265 g/mol. The minimum atomic E-state index is -0.952. The van der Waals surface area contributed by atoms with Crippen LogP contribution in [-0.4, -0.2) is 36.3 Å². The molecule has 0 spiro atoms. The first-order valence-electron chi connectivity index (χ1n) is 5.62. The van der Waals surface area contributed by atoms with Crippen LogP contribution < -0.4 is 0 Å². The molecule has 0 aliphatic heterocycles. The predicted molar refractivity (Wildman–Crippen MR) is 62.5 cm³/mol. The first kappa shape index (κ1) is 13.1. The second-order valence-electron chi connectivity index (χ2n) is 4.21. The van der Waals surface area contributed by atoms with Gasteiger partial charge < -0.3 is 5.11 Å². The average molecular weight is 265 g/mol. The van der Waals surface area contributed by atoms with Crippen molar-refractivity contribution in [3.05, 3.63) is 24.3 Å². The molecule has 100 valence electrons. The van der Waals surface area contributed by atoms with Crippen LogP contribution in [0, 0.1) is 11.7 Å². The lowest BCUT2D eigenvalue weighted by molar-refractivity contribution is -0.142. The van der Waals surface area contributed by atoms with Gasteiger partial charge in [-0.3, -0.25) is 9.78 Å². The molecule has 0 saturated heterocycles.